The summed E-state index contributed by atoms with van der Waals surface area (Å²) in [5.41, 5.74) is 7.43. The van der Waals surface area contributed by atoms with Gasteiger partial charge in [-0.05, 0) is 24.5 Å². The number of rotatable bonds is 5. The molecule has 1 aromatic rings. The van der Waals surface area contributed by atoms with Gasteiger partial charge in [0.1, 0.15) is 5.84 Å². The Morgan fingerprint density at radius 1 is 1.50 bits per heavy atom. The molecule has 0 radical (unpaired) electrons. The minimum absolute atomic E-state index is 0.137. The molecule has 1 aliphatic carbocycles. The molecule has 1 aromatic carbocycles. The van der Waals surface area contributed by atoms with E-state index in [1.807, 2.05) is 18.2 Å². The minimum atomic E-state index is 0.137. The lowest BCUT2D eigenvalue weighted by Crippen LogP contribution is -2.20. The molecule has 0 saturated heterocycles. The summed E-state index contributed by atoms with van der Waals surface area (Å²) >= 11 is 0. The van der Waals surface area contributed by atoms with Gasteiger partial charge in [-0.15, -0.1) is 0 Å². The molecule has 86 valence electrons. The van der Waals surface area contributed by atoms with Crippen molar-refractivity contribution in [1.82, 2.24) is 0 Å². The highest BCUT2D eigenvalue weighted by Crippen LogP contribution is 2.32. The topological polar surface area (TPSA) is 53.1 Å². The maximum Gasteiger partial charge on any atom is 0.122 e. The average Bonchev–Trinajstić information content (AvgIpc) is 3.10. The van der Waals surface area contributed by atoms with Crippen LogP contribution in [0.1, 0.15) is 24.8 Å². The Labute approximate surface area is 96.8 Å². The molecule has 0 aromatic heterocycles. The zero-order chi connectivity index (χ0) is 11.5. The number of nitrogens with two attached hydrogens (primary N) is 1. The van der Waals surface area contributed by atoms with E-state index in [0.717, 1.165) is 23.7 Å². The van der Waals surface area contributed by atoms with Gasteiger partial charge in [0.25, 0.3) is 0 Å². The van der Waals surface area contributed by atoms with E-state index in [2.05, 4.69) is 18.0 Å². The number of amidine groups is 1. The third-order valence-electron chi connectivity index (χ3n) is 3.17. The predicted molar refractivity (Wildman–Crippen MR) is 68.1 cm³/mol. The van der Waals surface area contributed by atoms with E-state index >= 15 is 0 Å². The minimum Gasteiger partial charge on any atom is -0.384 e. The number of nitrogen functional groups attached to an aromatic ring is 1. The van der Waals surface area contributed by atoms with Crippen molar-refractivity contribution in [3.8, 4) is 0 Å². The standard InChI is InChI=1S/C13H19N3/c1-16(8-7-10-5-6-10)12-4-2-3-11(9-12)13(14)15/h2-4,9-10H,5-8H2,1H3,(H3,14,15). The van der Waals surface area contributed by atoms with Crippen molar-refractivity contribution in [2.24, 2.45) is 11.7 Å². The van der Waals surface area contributed by atoms with E-state index < -0.39 is 0 Å². The molecule has 0 aliphatic heterocycles. The fraction of sp³-hybridized carbons (Fsp3) is 0.462. The maximum absolute atomic E-state index is 7.41. The maximum atomic E-state index is 7.41. The summed E-state index contributed by atoms with van der Waals surface area (Å²) in [6.45, 7) is 1.09. The van der Waals surface area contributed by atoms with Crippen molar-refractivity contribution in [3.63, 3.8) is 0 Å². The van der Waals surface area contributed by atoms with Crippen LogP contribution in [0.5, 0.6) is 0 Å². The van der Waals surface area contributed by atoms with Gasteiger partial charge in [-0.25, -0.2) is 0 Å². The molecule has 0 heterocycles. The third kappa shape index (κ3) is 2.75. The second-order valence-electron chi connectivity index (χ2n) is 4.62. The first kappa shape index (κ1) is 11.0. The fourth-order valence-electron chi connectivity index (χ4n) is 1.82. The Hall–Kier alpha value is -1.51. The molecule has 1 fully saturated rings. The molecular weight excluding hydrogens is 198 g/mol. The molecule has 3 N–H and O–H groups in total. The van der Waals surface area contributed by atoms with Gasteiger partial charge in [-0.3, -0.25) is 5.41 Å². The summed E-state index contributed by atoms with van der Waals surface area (Å²) in [5.74, 6) is 1.09. The zero-order valence-corrected chi connectivity index (χ0v) is 9.74. The van der Waals surface area contributed by atoms with Gasteiger partial charge in [0, 0.05) is 24.8 Å². The van der Waals surface area contributed by atoms with Crippen LogP contribution in [0.3, 0.4) is 0 Å². The van der Waals surface area contributed by atoms with Crippen LogP contribution in [0.25, 0.3) is 0 Å². The van der Waals surface area contributed by atoms with Gasteiger partial charge in [0.05, 0.1) is 0 Å². The third-order valence-corrected chi connectivity index (χ3v) is 3.17. The summed E-state index contributed by atoms with van der Waals surface area (Å²) in [7, 11) is 2.10. The lowest BCUT2D eigenvalue weighted by atomic mass is 10.1. The van der Waals surface area contributed by atoms with Crippen LogP contribution in [-0.2, 0) is 0 Å². The van der Waals surface area contributed by atoms with Gasteiger partial charge in [0.15, 0.2) is 0 Å². The lowest BCUT2D eigenvalue weighted by Gasteiger charge is -2.19. The summed E-state index contributed by atoms with van der Waals surface area (Å²) in [4.78, 5) is 2.24. The molecule has 0 unspecified atom stereocenters. The van der Waals surface area contributed by atoms with Crippen LogP contribution in [0.4, 0.5) is 5.69 Å². The number of hydrogen-bond donors (Lipinski definition) is 2. The Morgan fingerprint density at radius 2 is 2.25 bits per heavy atom. The molecule has 0 amide bonds. The first-order valence-electron chi connectivity index (χ1n) is 5.82. The number of nitrogens with zero attached hydrogens (tertiary/aromatic N) is 1. The van der Waals surface area contributed by atoms with Crippen molar-refractivity contribution in [2.45, 2.75) is 19.3 Å². The molecule has 3 nitrogen and oxygen atoms in total. The van der Waals surface area contributed by atoms with Crippen LogP contribution in [0.15, 0.2) is 24.3 Å². The van der Waals surface area contributed by atoms with Crippen LogP contribution >= 0.6 is 0 Å². The molecule has 3 heteroatoms. The molecule has 0 atom stereocenters. The Bertz CT molecular complexity index is 383. The van der Waals surface area contributed by atoms with Crippen molar-refractivity contribution >= 4 is 11.5 Å². The van der Waals surface area contributed by atoms with E-state index in [4.69, 9.17) is 11.1 Å². The van der Waals surface area contributed by atoms with Crippen LogP contribution in [0, 0.1) is 11.3 Å². The number of nitrogens with one attached hydrogen (secondary N) is 1. The molecule has 2 rings (SSSR count). The summed E-state index contributed by atoms with van der Waals surface area (Å²) in [6.07, 6.45) is 4.09. The van der Waals surface area contributed by atoms with Crippen LogP contribution in [0.2, 0.25) is 0 Å². The molecule has 16 heavy (non-hydrogen) atoms. The van der Waals surface area contributed by atoms with Gasteiger partial charge in [-0.1, -0.05) is 25.0 Å². The number of hydrogen-bond acceptors (Lipinski definition) is 2. The van der Waals surface area contributed by atoms with Gasteiger partial charge >= 0.3 is 0 Å². The first-order valence-corrected chi connectivity index (χ1v) is 5.82. The van der Waals surface area contributed by atoms with Crippen molar-refractivity contribution < 1.29 is 0 Å². The van der Waals surface area contributed by atoms with Gasteiger partial charge < -0.3 is 10.6 Å². The molecule has 0 spiro atoms. The lowest BCUT2D eigenvalue weighted by molar-refractivity contribution is 0.711. The highest BCUT2D eigenvalue weighted by molar-refractivity contribution is 5.95. The second-order valence-corrected chi connectivity index (χ2v) is 4.62. The monoisotopic (exact) mass is 217 g/mol. The van der Waals surface area contributed by atoms with E-state index in [0.29, 0.717) is 0 Å². The van der Waals surface area contributed by atoms with Crippen LogP contribution < -0.4 is 10.6 Å². The van der Waals surface area contributed by atoms with Crippen LogP contribution in [-0.4, -0.2) is 19.4 Å². The fourth-order valence-corrected chi connectivity index (χ4v) is 1.82. The van der Waals surface area contributed by atoms with Crippen molar-refractivity contribution in [1.29, 1.82) is 5.41 Å². The molecule has 0 bridgehead atoms. The number of anilines is 1. The Balaban J connectivity index is 2.00. The van der Waals surface area contributed by atoms with Crippen molar-refractivity contribution in [3.05, 3.63) is 29.8 Å². The van der Waals surface area contributed by atoms with Crippen molar-refractivity contribution in [2.75, 3.05) is 18.5 Å². The predicted octanol–water partition coefficient (Wildman–Crippen LogP) is 2.21. The summed E-state index contributed by atoms with van der Waals surface area (Å²) in [6, 6.07) is 7.88. The highest BCUT2D eigenvalue weighted by Gasteiger charge is 2.21. The quantitative estimate of drug-likeness (QED) is 0.587. The van der Waals surface area contributed by atoms with E-state index in [9.17, 15) is 0 Å². The first-order chi connectivity index (χ1) is 7.66. The highest BCUT2D eigenvalue weighted by atomic mass is 15.1. The van der Waals surface area contributed by atoms with Gasteiger partial charge in [-0.2, -0.15) is 0 Å². The largest absolute Gasteiger partial charge is 0.384 e. The Morgan fingerprint density at radius 3 is 2.88 bits per heavy atom. The van der Waals surface area contributed by atoms with E-state index in [1.165, 1.54) is 19.3 Å². The Kier molecular flexibility index (Phi) is 3.13. The smallest absolute Gasteiger partial charge is 0.122 e. The van der Waals surface area contributed by atoms with E-state index in [-0.39, 0.29) is 5.84 Å². The zero-order valence-electron chi connectivity index (χ0n) is 9.74. The molecule has 1 saturated carbocycles. The van der Waals surface area contributed by atoms with Gasteiger partial charge in [0.2, 0.25) is 0 Å². The summed E-state index contributed by atoms with van der Waals surface area (Å²) in [5, 5.41) is 7.41. The second kappa shape index (κ2) is 4.56. The average molecular weight is 217 g/mol. The SMILES string of the molecule is CN(CCC1CC1)c1cccc(C(=N)N)c1. The summed E-state index contributed by atoms with van der Waals surface area (Å²) < 4.78 is 0. The van der Waals surface area contributed by atoms with E-state index in [1.54, 1.807) is 0 Å². The number of benzene rings is 1. The molecular formula is C13H19N3. The molecule has 1 aliphatic rings. The normalized spacial score (nSPS) is 14.8.